The number of pyridine rings is 1. The van der Waals surface area contributed by atoms with Gasteiger partial charge >= 0.3 is 0 Å². The molecule has 1 aromatic heterocycles. The average Bonchev–Trinajstić information content (AvgIpc) is 2.91. The van der Waals surface area contributed by atoms with Gasteiger partial charge in [-0.1, -0.05) is 18.6 Å². The van der Waals surface area contributed by atoms with Gasteiger partial charge in [0.2, 0.25) is 5.91 Å². The fourth-order valence-electron chi connectivity index (χ4n) is 3.00. The van der Waals surface area contributed by atoms with Crippen LogP contribution in [0.2, 0.25) is 0 Å². The highest BCUT2D eigenvalue weighted by Crippen LogP contribution is 2.20. The molecule has 0 bridgehead atoms. The summed E-state index contributed by atoms with van der Waals surface area (Å²) >= 11 is 0. The number of sulfonamides is 1. The lowest BCUT2D eigenvalue weighted by molar-refractivity contribution is -0.111. The molecule has 3 rings (SSSR count). The second-order valence-electron chi connectivity index (χ2n) is 6.85. The summed E-state index contributed by atoms with van der Waals surface area (Å²) in [6.45, 7) is 0.799. The zero-order chi connectivity index (χ0) is 20.7. The Morgan fingerprint density at radius 3 is 2.86 bits per heavy atom. The third-order valence-electron chi connectivity index (χ3n) is 4.57. The van der Waals surface area contributed by atoms with Crippen molar-refractivity contribution >= 4 is 33.5 Å². The van der Waals surface area contributed by atoms with E-state index in [9.17, 15) is 13.2 Å². The number of nitrogens with one attached hydrogen (secondary N) is 1. The van der Waals surface area contributed by atoms with E-state index in [0.717, 1.165) is 31.4 Å². The fraction of sp³-hybridized carbons (Fsp3) is 0.286. The zero-order valence-electron chi connectivity index (χ0n) is 16.3. The smallest absolute Gasteiger partial charge is 0.284 e. The number of amides is 1. The summed E-state index contributed by atoms with van der Waals surface area (Å²) in [5, 5.41) is 2.68. The van der Waals surface area contributed by atoms with Crippen molar-refractivity contribution in [3.8, 4) is 0 Å². The molecular weight excluding hydrogens is 388 g/mol. The van der Waals surface area contributed by atoms with E-state index >= 15 is 0 Å². The van der Waals surface area contributed by atoms with Gasteiger partial charge in [0, 0.05) is 44.2 Å². The number of benzene rings is 1. The molecule has 2 heterocycles. The number of nitrogens with zero attached hydrogens (tertiary/aromatic N) is 3. The molecule has 152 valence electrons. The summed E-state index contributed by atoms with van der Waals surface area (Å²) in [4.78, 5) is 18.1. The van der Waals surface area contributed by atoms with Crippen molar-refractivity contribution in [2.24, 2.45) is 4.40 Å². The van der Waals surface area contributed by atoms with Crippen molar-refractivity contribution in [1.29, 1.82) is 0 Å². The minimum absolute atomic E-state index is 0.0525. The molecule has 1 N–H and O–H groups in total. The van der Waals surface area contributed by atoms with Crippen LogP contribution in [0.3, 0.4) is 0 Å². The van der Waals surface area contributed by atoms with Gasteiger partial charge in [0.25, 0.3) is 10.0 Å². The standard InChI is InChI=1S/C21H24N4O3S/c1-25-14-4-2-3-10-20(25)24-29(27,28)19-9-5-8-18(15-19)23-21(26)12-11-17-7-6-13-22-16-17/h5-9,11-13,15-16H,2-4,10,14H2,1H3,(H,23,26). The van der Waals surface area contributed by atoms with Crippen LogP contribution in [-0.2, 0) is 14.8 Å². The highest BCUT2D eigenvalue weighted by molar-refractivity contribution is 7.90. The van der Waals surface area contributed by atoms with Gasteiger partial charge in [-0.2, -0.15) is 8.42 Å². The van der Waals surface area contributed by atoms with Crippen molar-refractivity contribution in [3.63, 3.8) is 0 Å². The van der Waals surface area contributed by atoms with Gasteiger partial charge in [0.15, 0.2) is 0 Å². The van der Waals surface area contributed by atoms with Gasteiger partial charge in [0.1, 0.15) is 5.84 Å². The zero-order valence-corrected chi connectivity index (χ0v) is 17.1. The maximum atomic E-state index is 12.8. The van der Waals surface area contributed by atoms with Gasteiger partial charge < -0.3 is 10.2 Å². The minimum atomic E-state index is -3.85. The van der Waals surface area contributed by atoms with Crippen LogP contribution in [0.4, 0.5) is 5.69 Å². The number of amidine groups is 1. The van der Waals surface area contributed by atoms with Crippen molar-refractivity contribution in [2.75, 3.05) is 18.9 Å². The molecule has 1 aliphatic heterocycles. The normalized spacial score (nSPS) is 16.7. The predicted octanol–water partition coefficient (Wildman–Crippen LogP) is 3.33. The van der Waals surface area contributed by atoms with Crippen LogP contribution in [0.25, 0.3) is 6.08 Å². The molecule has 1 amide bonds. The van der Waals surface area contributed by atoms with Crippen molar-refractivity contribution in [3.05, 3.63) is 60.4 Å². The van der Waals surface area contributed by atoms with E-state index in [1.54, 1.807) is 36.7 Å². The van der Waals surface area contributed by atoms with E-state index in [4.69, 9.17) is 0 Å². The van der Waals surface area contributed by atoms with Gasteiger partial charge in [-0.05, 0) is 48.7 Å². The lowest BCUT2D eigenvalue weighted by Gasteiger charge is -2.17. The topological polar surface area (TPSA) is 91.7 Å². The second kappa shape index (κ2) is 9.47. The first-order valence-corrected chi connectivity index (χ1v) is 10.9. The first-order chi connectivity index (χ1) is 13.9. The molecule has 1 fully saturated rings. The lowest BCUT2D eigenvalue weighted by Crippen LogP contribution is -2.26. The van der Waals surface area contributed by atoms with Gasteiger partial charge in [0.05, 0.1) is 4.90 Å². The van der Waals surface area contributed by atoms with Gasteiger partial charge in [-0.3, -0.25) is 9.78 Å². The van der Waals surface area contributed by atoms with E-state index in [0.29, 0.717) is 17.9 Å². The summed E-state index contributed by atoms with van der Waals surface area (Å²) in [7, 11) is -1.99. The number of carbonyl (C=O) groups is 1. The number of aromatic nitrogens is 1. The van der Waals surface area contributed by atoms with E-state index in [1.807, 2.05) is 18.0 Å². The molecule has 0 radical (unpaired) electrons. The number of rotatable bonds is 5. The Kier molecular flexibility index (Phi) is 6.77. The highest BCUT2D eigenvalue weighted by Gasteiger charge is 2.18. The third kappa shape index (κ3) is 5.99. The summed E-state index contributed by atoms with van der Waals surface area (Å²) in [6, 6.07) is 9.74. The Bertz CT molecular complexity index is 1020. The number of hydrogen-bond acceptors (Lipinski definition) is 4. The first kappa shape index (κ1) is 20.7. The van der Waals surface area contributed by atoms with Crippen molar-refractivity contribution < 1.29 is 13.2 Å². The van der Waals surface area contributed by atoms with Crippen LogP contribution in [0.5, 0.6) is 0 Å². The third-order valence-corrected chi connectivity index (χ3v) is 5.87. The first-order valence-electron chi connectivity index (χ1n) is 9.48. The Morgan fingerprint density at radius 1 is 1.21 bits per heavy atom. The summed E-state index contributed by atoms with van der Waals surface area (Å²) < 4.78 is 29.6. The maximum absolute atomic E-state index is 12.8. The van der Waals surface area contributed by atoms with E-state index in [1.165, 1.54) is 18.2 Å². The maximum Gasteiger partial charge on any atom is 0.284 e. The number of hydrogen-bond donors (Lipinski definition) is 1. The molecule has 2 aromatic rings. The second-order valence-corrected chi connectivity index (χ2v) is 8.46. The number of anilines is 1. The molecule has 29 heavy (non-hydrogen) atoms. The Morgan fingerprint density at radius 2 is 2.07 bits per heavy atom. The van der Waals surface area contributed by atoms with E-state index in [-0.39, 0.29) is 10.8 Å². The molecule has 0 unspecified atom stereocenters. The van der Waals surface area contributed by atoms with Gasteiger partial charge in [-0.15, -0.1) is 4.40 Å². The van der Waals surface area contributed by atoms with Gasteiger partial charge in [-0.25, -0.2) is 0 Å². The van der Waals surface area contributed by atoms with Crippen molar-refractivity contribution in [1.82, 2.24) is 9.88 Å². The molecule has 0 aliphatic carbocycles. The molecule has 0 atom stereocenters. The Labute approximate surface area is 171 Å². The van der Waals surface area contributed by atoms with Crippen LogP contribution in [0.15, 0.2) is 64.2 Å². The number of likely N-dealkylation sites (tertiary alicyclic amines) is 1. The molecule has 0 saturated carbocycles. The largest absolute Gasteiger partial charge is 0.362 e. The fourth-order valence-corrected chi connectivity index (χ4v) is 4.14. The van der Waals surface area contributed by atoms with Crippen LogP contribution >= 0.6 is 0 Å². The summed E-state index contributed by atoms with van der Waals surface area (Å²) in [5.74, 6) is 0.217. The molecule has 1 aliphatic rings. The molecule has 8 heteroatoms. The molecule has 7 nitrogen and oxygen atoms in total. The summed E-state index contributed by atoms with van der Waals surface area (Å²) in [5.41, 5.74) is 1.18. The number of carbonyl (C=O) groups excluding carboxylic acids is 1. The van der Waals surface area contributed by atoms with Crippen LogP contribution < -0.4 is 5.32 Å². The van der Waals surface area contributed by atoms with Crippen molar-refractivity contribution in [2.45, 2.75) is 30.6 Å². The van der Waals surface area contributed by atoms with E-state index < -0.39 is 10.0 Å². The van der Waals surface area contributed by atoms with Crippen LogP contribution in [-0.4, -0.2) is 43.6 Å². The lowest BCUT2D eigenvalue weighted by atomic mass is 10.2. The van der Waals surface area contributed by atoms with Crippen LogP contribution in [0.1, 0.15) is 31.2 Å². The SMILES string of the molecule is CN1CCCCCC1=NS(=O)(=O)c1cccc(NC(=O)C=Cc2cccnc2)c1. The molecule has 1 saturated heterocycles. The monoisotopic (exact) mass is 412 g/mol. The summed E-state index contributed by atoms with van der Waals surface area (Å²) in [6.07, 6.45) is 9.97. The molecular formula is C21H24N4O3S. The molecule has 0 spiro atoms. The molecule has 1 aromatic carbocycles. The minimum Gasteiger partial charge on any atom is -0.362 e. The quantitative estimate of drug-likeness (QED) is 0.761. The van der Waals surface area contributed by atoms with Crippen LogP contribution in [0, 0.1) is 0 Å². The highest BCUT2D eigenvalue weighted by atomic mass is 32.2. The predicted molar refractivity (Wildman–Crippen MR) is 114 cm³/mol. The average molecular weight is 413 g/mol. The van der Waals surface area contributed by atoms with E-state index in [2.05, 4.69) is 14.7 Å². The Hall–Kier alpha value is -3.00. The Balaban J connectivity index is 1.74.